The topological polar surface area (TPSA) is 48.2 Å². The van der Waals surface area contributed by atoms with Crippen LogP contribution in [0.15, 0.2) is 27.7 Å². The van der Waals surface area contributed by atoms with Crippen LogP contribution in [0.25, 0.3) is 0 Å². The molecule has 0 spiro atoms. The van der Waals surface area contributed by atoms with Crippen molar-refractivity contribution < 1.29 is 4.39 Å². The molecule has 0 aliphatic heterocycles. The quantitative estimate of drug-likeness (QED) is 0.631. The maximum absolute atomic E-state index is 13.1. The van der Waals surface area contributed by atoms with Crippen LogP contribution in [0.3, 0.4) is 0 Å². The van der Waals surface area contributed by atoms with Crippen molar-refractivity contribution in [2.75, 3.05) is 0 Å². The molecule has 0 heterocycles. The van der Waals surface area contributed by atoms with Gasteiger partial charge in [-0.05, 0) is 18.2 Å². The molecule has 5 heteroatoms. The van der Waals surface area contributed by atoms with E-state index in [-0.39, 0.29) is 5.82 Å². The minimum absolute atomic E-state index is 0.260. The van der Waals surface area contributed by atoms with Gasteiger partial charge < -0.3 is 5.32 Å². The third-order valence-electron chi connectivity index (χ3n) is 1.54. The highest BCUT2D eigenvalue weighted by Gasteiger charge is 2.00. The van der Waals surface area contributed by atoms with Gasteiger partial charge in [0.15, 0.2) is 0 Å². The molecule has 0 aromatic heterocycles. The van der Waals surface area contributed by atoms with Crippen LogP contribution >= 0.6 is 15.9 Å². The Balaban J connectivity index is 2.61. The van der Waals surface area contributed by atoms with Gasteiger partial charge in [-0.3, -0.25) is 5.41 Å². The van der Waals surface area contributed by atoms with Crippen LogP contribution in [-0.2, 0) is 6.54 Å². The van der Waals surface area contributed by atoms with Gasteiger partial charge in [0, 0.05) is 16.6 Å². The summed E-state index contributed by atoms with van der Waals surface area (Å²) in [5.41, 5.74) is 0.552. The summed E-state index contributed by atoms with van der Waals surface area (Å²) >= 11 is 3.25. The average Bonchev–Trinajstić information content (AvgIpc) is 2.18. The maximum atomic E-state index is 13.1. The normalized spacial score (nSPS) is 10.4. The first-order chi connectivity index (χ1) is 6.74. The summed E-state index contributed by atoms with van der Waals surface area (Å²) in [5.74, 6) is -0.260. The van der Waals surface area contributed by atoms with Crippen molar-refractivity contribution in [3.63, 3.8) is 0 Å². The molecule has 0 atom stereocenters. The number of hydrogen-bond donors (Lipinski definition) is 2. The first-order valence-corrected chi connectivity index (χ1v) is 4.71. The zero-order chi connectivity index (χ0) is 10.4. The summed E-state index contributed by atoms with van der Waals surface area (Å²) < 4.78 is 14.0. The van der Waals surface area contributed by atoms with Gasteiger partial charge in [-0.25, -0.2) is 9.38 Å². The molecular weight excluding hydrogens is 249 g/mol. The predicted octanol–water partition coefficient (Wildman–Crippen LogP) is 2.31. The molecule has 0 unspecified atom stereocenters. The molecule has 0 aliphatic rings. The summed E-state index contributed by atoms with van der Waals surface area (Å²) in [7, 11) is 0. The fraction of sp³-hybridized carbons (Fsp3) is 0.111. The minimum atomic E-state index is -0.260. The molecule has 0 radical (unpaired) electrons. The van der Waals surface area contributed by atoms with E-state index >= 15 is 0 Å². The van der Waals surface area contributed by atoms with Crippen LogP contribution in [0.4, 0.5) is 4.39 Å². The van der Waals surface area contributed by atoms with Gasteiger partial charge in [-0.2, -0.15) is 0 Å². The third-order valence-corrected chi connectivity index (χ3v) is 2.03. The van der Waals surface area contributed by atoms with Crippen LogP contribution in [0, 0.1) is 11.2 Å². The second-order valence-electron chi connectivity index (χ2n) is 2.52. The Kier molecular flexibility index (Phi) is 4.25. The number of halogens is 2. The lowest BCUT2D eigenvalue weighted by Crippen LogP contribution is -2.11. The molecule has 0 saturated heterocycles. The number of nitrogens with one attached hydrogen (secondary N) is 2. The van der Waals surface area contributed by atoms with Crippen LogP contribution in [0.1, 0.15) is 5.56 Å². The smallest absolute Gasteiger partial charge is 0.128 e. The van der Waals surface area contributed by atoms with E-state index in [4.69, 9.17) is 5.41 Å². The summed E-state index contributed by atoms with van der Waals surface area (Å²) in [5, 5.41) is 9.38. The Morgan fingerprint density at radius 1 is 1.57 bits per heavy atom. The zero-order valence-corrected chi connectivity index (χ0v) is 8.88. The zero-order valence-electron chi connectivity index (χ0n) is 7.30. The van der Waals surface area contributed by atoms with Gasteiger partial charge in [0.1, 0.15) is 12.2 Å². The van der Waals surface area contributed by atoms with Crippen LogP contribution in [0.5, 0.6) is 0 Å². The van der Waals surface area contributed by atoms with E-state index in [0.29, 0.717) is 12.1 Å². The van der Waals surface area contributed by atoms with Gasteiger partial charge in [0.25, 0.3) is 0 Å². The first-order valence-electron chi connectivity index (χ1n) is 3.92. The Morgan fingerprint density at radius 2 is 2.36 bits per heavy atom. The third kappa shape index (κ3) is 3.26. The number of aliphatic imine (C=N–C) groups is 1. The number of rotatable bonds is 4. The van der Waals surface area contributed by atoms with Crippen molar-refractivity contribution in [1.82, 2.24) is 5.32 Å². The number of benzene rings is 1. The molecule has 0 fully saturated rings. The van der Waals surface area contributed by atoms with E-state index in [1.807, 2.05) is 0 Å². The molecular formula is C9H9BrFN3. The molecule has 0 aliphatic carbocycles. The number of hydrogen-bond acceptors (Lipinski definition) is 1. The van der Waals surface area contributed by atoms with E-state index in [1.54, 1.807) is 12.1 Å². The lowest BCUT2D eigenvalue weighted by molar-refractivity contribution is 0.606. The van der Waals surface area contributed by atoms with Crippen LogP contribution in [0.2, 0.25) is 0 Å². The molecule has 0 amide bonds. The molecule has 74 valence electrons. The molecule has 1 aromatic carbocycles. The minimum Gasteiger partial charge on any atom is -0.372 e. The van der Waals surface area contributed by atoms with Gasteiger partial charge in [-0.1, -0.05) is 15.9 Å². The molecule has 0 saturated carbocycles. The average molecular weight is 258 g/mol. The van der Waals surface area contributed by atoms with Crippen molar-refractivity contribution in [1.29, 1.82) is 5.41 Å². The van der Waals surface area contributed by atoms with E-state index in [2.05, 4.69) is 26.2 Å². The molecule has 1 rings (SSSR count). The molecule has 1 aromatic rings. The van der Waals surface area contributed by atoms with Gasteiger partial charge in [0.2, 0.25) is 0 Å². The highest BCUT2D eigenvalue weighted by atomic mass is 79.9. The fourth-order valence-corrected chi connectivity index (χ4v) is 1.33. The SMILES string of the molecule is N=C/N=C\NCc1cc(Br)ccc1F. The second kappa shape index (κ2) is 5.49. The fourth-order valence-electron chi connectivity index (χ4n) is 0.924. The molecule has 14 heavy (non-hydrogen) atoms. The lowest BCUT2D eigenvalue weighted by atomic mass is 10.2. The first kappa shape index (κ1) is 10.8. The molecule has 0 bridgehead atoms. The largest absolute Gasteiger partial charge is 0.372 e. The maximum Gasteiger partial charge on any atom is 0.128 e. The lowest BCUT2D eigenvalue weighted by Gasteiger charge is -2.02. The Labute approximate surface area is 89.7 Å². The van der Waals surface area contributed by atoms with Gasteiger partial charge in [-0.15, -0.1) is 0 Å². The number of nitrogens with zero attached hydrogens (tertiary/aromatic N) is 1. The molecule has 3 nitrogen and oxygen atoms in total. The van der Waals surface area contributed by atoms with E-state index in [1.165, 1.54) is 12.4 Å². The van der Waals surface area contributed by atoms with Crippen molar-refractivity contribution in [2.45, 2.75) is 6.54 Å². The van der Waals surface area contributed by atoms with Gasteiger partial charge >= 0.3 is 0 Å². The Hall–Kier alpha value is -1.23. The summed E-state index contributed by atoms with van der Waals surface area (Å²) in [6.45, 7) is 0.350. The predicted molar refractivity (Wildman–Crippen MR) is 58.2 cm³/mol. The van der Waals surface area contributed by atoms with Crippen molar-refractivity contribution in [3.8, 4) is 0 Å². The van der Waals surface area contributed by atoms with E-state index in [9.17, 15) is 4.39 Å². The van der Waals surface area contributed by atoms with Crippen molar-refractivity contribution in [3.05, 3.63) is 34.1 Å². The molecule has 2 N–H and O–H groups in total. The second-order valence-corrected chi connectivity index (χ2v) is 3.44. The van der Waals surface area contributed by atoms with Crippen LogP contribution < -0.4 is 5.32 Å². The summed E-state index contributed by atoms with van der Waals surface area (Å²) in [6, 6.07) is 4.74. The summed E-state index contributed by atoms with van der Waals surface area (Å²) in [4.78, 5) is 3.51. The van der Waals surface area contributed by atoms with Crippen molar-refractivity contribution >= 4 is 28.6 Å². The Morgan fingerprint density at radius 3 is 3.07 bits per heavy atom. The van der Waals surface area contributed by atoms with E-state index in [0.717, 1.165) is 10.8 Å². The highest BCUT2D eigenvalue weighted by molar-refractivity contribution is 9.10. The van der Waals surface area contributed by atoms with Gasteiger partial charge in [0.05, 0.1) is 6.34 Å². The monoisotopic (exact) mass is 257 g/mol. The highest BCUT2D eigenvalue weighted by Crippen LogP contribution is 2.14. The summed E-state index contributed by atoms with van der Waals surface area (Å²) in [6.07, 6.45) is 2.26. The van der Waals surface area contributed by atoms with Crippen LogP contribution in [-0.4, -0.2) is 12.7 Å². The van der Waals surface area contributed by atoms with E-state index < -0.39 is 0 Å². The Bertz CT molecular complexity index is 352. The standard InChI is InChI=1S/C9H9BrFN3/c10-8-1-2-9(11)7(3-8)4-13-6-14-5-12/h1-3,5-6H,4H2,(H2,12,13,14). The van der Waals surface area contributed by atoms with Crippen molar-refractivity contribution in [2.24, 2.45) is 4.99 Å².